The third kappa shape index (κ3) is 5.55. The van der Waals surface area contributed by atoms with Crippen LogP contribution in [0.25, 0.3) is 6.08 Å². The SMILES string of the molecule is O=C(c1ccc(OCc2cscn2)cc1)N1CCN(CC=Cc2ccccc2)CC1. The van der Waals surface area contributed by atoms with Gasteiger partial charge in [-0.05, 0) is 29.8 Å². The molecule has 0 aliphatic carbocycles. The van der Waals surface area contributed by atoms with Gasteiger partial charge in [0.05, 0.1) is 11.2 Å². The van der Waals surface area contributed by atoms with Crippen molar-refractivity contribution in [2.45, 2.75) is 6.61 Å². The van der Waals surface area contributed by atoms with Gasteiger partial charge in [-0.1, -0.05) is 42.5 Å². The summed E-state index contributed by atoms with van der Waals surface area (Å²) in [6.45, 7) is 4.62. The Labute approximate surface area is 181 Å². The average Bonchev–Trinajstić information content (AvgIpc) is 3.33. The molecule has 1 aromatic heterocycles. The van der Waals surface area contributed by atoms with Crippen molar-refractivity contribution >= 4 is 23.3 Å². The zero-order valence-corrected chi connectivity index (χ0v) is 17.6. The topological polar surface area (TPSA) is 45.7 Å². The van der Waals surface area contributed by atoms with Crippen LogP contribution in [0.4, 0.5) is 0 Å². The van der Waals surface area contributed by atoms with Gasteiger partial charge in [0.25, 0.3) is 5.91 Å². The van der Waals surface area contributed by atoms with Crippen LogP contribution in [0.5, 0.6) is 5.75 Å². The Hall–Kier alpha value is -2.96. The van der Waals surface area contributed by atoms with E-state index in [0.717, 1.165) is 44.2 Å². The molecule has 6 heteroatoms. The first-order valence-corrected chi connectivity index (χ1v) is 11.1. The summed E-state index contributed by atoms with van der Waals surface area (Å²) in [7, 11) is 0. The van der Waals surface area contributed by atoms with Crippen molar-refractivity contribution in [2.75, 3.05) is 32.7 Å². The van der Waals surface area contributed by atoms with Gasteiger partial charge in [0.15, 0.2) is 0 Å². The fourth-order valence-electron chi connectivity index (χ4n) is 3.38. The summed E-state index contributed by atoms with van der Waals surface area (Å²) in [6.07, 6.45) is 4.34. The second-order valence-corrected chi connectivity index (χ2v) is 7.92. The molecule has 1 aliphatic heterocycles. The summed E-state index contributed by atoms with van der Waals surface area (Å²) >= 11 is 1.55. The molecule has 1 saturated heterocycles. The lowest BCUT2D eigenvalue weighted by Crippen LogP contribution is -2.48. The molecule has 30 heavy (non-hydrogen) atoms. The van der Waals surface area contributed by atoms with Crippen molar-refractivity contribution < 1.29 is 9.53 Å². The Bertz CT molecular complexity index is 948. The number of amides is 1. The number of aromatic nitrogens is 1. The second-order valence-electron chi connectivity index (χ2n) is 7.20. The minimum absolute atomic E-state index is 0.0838. The monoisotopic (exact) mass is 419 g/mol. The van der Waals surface area contributed by atoms with Gasteiger partial charge in [0.2, 0.25) is 0 Å². The molecule has 0 bridgehead atoms. The van der Waals surface area contributed by atoms with Crippen LogP contribution in [0.2, 0.25) is 0 Å². The van der Waals surface area contributed by atoms with Crippen molar-refractivity contribution in [2.24, 2.45) is 0 Å². The number of hydrogen-bond acceptors (Lipinski definition) is 5. The van der Waals surface area contributed by atoms with Gasteiger partial charge in [-0.2, -0.15) is 0 Å². The molecule has 1 fully saturated rings. The van der Waals surface area contributed by atoms with Crippen LogP contribution >= 0.6 is 11.3 Å². The van der Waals surface area contributed by atoms with E-state index in [9.17, 15) is 4.79 Å². The maximum Gasteiger partial charge on any atom is 0.253 e. The summed E-state index contributed by atoms with van der Waals surface area (Å²) in [5.74, 6) is 0.829. The van der Waals surface area contributed by atoms with Crippen molar-refractivity contribution in [1.29, 1.82) is 0 Å². The molecule has 2 heterocycles. The van der Waals surface area contributed by atoms with Gasteiger partial charge in [0.1, 0.15) is 12.4 Å². The van der Waals surface area contributed by atoms with Gasteiger partial charge in [-0.25, -0.2) is 4.98 Å². The summed E-state index contributed by atoms with van der Waals surface area (Å²) < 4.78 is 5.72. The standard InChI is InChI=1S/C24H25N3O2S/c28-24(21-8-10-23(11-9-21)29-17-22-18-30-19-25-22)27-15-13-26(14-16-27)12-4-7-20-5-2-1-3-6-20/h1-11,18-19H,12-17H2. The fourth-order valence-corrected chi connectivity index (χ4v) is 3.92. The van der Waals surface area contributed by atoms with Crippen molar-refractivity contribution in [3.8, 4) is 5.75 Å². The van der Waals surface area contributed by atoms with Crippen LogP contribution in [0.1, 0.15) is 21.6 Å². The molecule has 0 unspecified atom stereocenters. The summed E-state index contributed by atoms with van der Waals surface area (Å²) in [5, 5.41) is 1.97. The average molecular weight is 420 g/mol. The molecular formula is C24H25N3O2S. The number of nitrogens with zero attached hydrogens (tertiary/aromatic N) is 3. The van der Waals surface area contributed by atoms with Crippen LogP contribution in [-0.4, -0.2) is 53.4 Å². The highest BCUT2D eigenvalue weighted by Crippen LogP contribution is 2.16. The smallest absolute Gasteiger partial charge is 0.253 e. The Morgan fingerprint density at radius 2 is 1.80 bits per heavy atom. The first-order valence-electron chi connectivity index (χ1n) is 10.1. The van der Waals surface area contributed by atoms with Crippen molar-refractivity contribution in [3.63, 3.8) is 0 Å². The number of piperazine rings is 1. The normalized spacial score (nSPS) is 14.9. The molecular weight excluding hydrogens is 394 g/mol. The van der Waals surface area contributed by atoms with E-state index < -0.39 is 0 Å². The molecule has 4 rings (SSSR count). The summed E-state index contributed by atoms with van der Waals surface area (Å²) in [4.78, 5) is 21.3. The maximum absolute atomic E-state index is 12.8. The van der Waals surface area contributed by atoms with Crippen LogP contribution < -0.4 is 4.74 Å². The fraction of sp³-hybridized carbons (Fsp3) is 0.250. The minimum Gasteiger partial charge on any atom is -0.487 e. The van der Waals surface area contributed by atoms with Crippen LogP contribution in [0, 0.1) is 0 Å². The second kappa shape index (κ2) is 10.2. The number of ether oxygens (including phenoxy) is 1. The van der Waals surface area contributed by atoms with E-state index in [1.807, 2.05) is 52.7 Å². The highest BCUT2D eigenvalue weighted by atomic mass is 32.1. The van der Waals surface area contributed by atoms with E-state index in [0.29, 0.717) is 12.2 Å². The van der Waals surface area contributed by atoms with E-state index in [2.05, 4.69) is 34.2 Å². The predicted octanol–water partition coefficient (Wildman–Crippen LogP) is 4.19. The van der Waals surface area contributed by atoms with Crippen LogP contribution in [0.15, 0.2) is 71.6 Å². The van der Waals surface area contributed by atoms with Crippen molar-refractivity contribution in [1.82, 2.24) is 14.8 Å². The number of benzene rings is 2. The summed E-state index contributed by atoms with van der Waals surface area (Å²) in [6, 6.07) is 17.7. The zero-order chi connectivity index (χ0) is 20.6. The van der Waals surface area contributed by atoms with Gasteiger partial charge in [-0.3, -0.25) is 9.69 Å². The lowest BCUT2D eigenvalue weighted by atomic mass is 10.1. The largest absolute Gasteiger partial charge is 0.487 e. The molecule has 0 radical (unpaired) electrons. The molecule has 1 amide bonds. The molecule has 0 N–H and O–H groups in total. The van der Waals surface area contributed by atoms with Gasteiger partial charge < -0.3 is 9.64 Å². The molecule has 0 saturated carbocycles. The van der Waals surface area contributed by atoms with Gasteiger partial charge >= 0.3 is 0 Å². The number of rotatable bonds is 7. The molecule has 3 aromatic rings. The zero-order valence-electron chi connectivity index (χ0n) is 16.8. The highest BCUT2D eigenvalue weighted by Gasteiger charge is 2.21. The number of carbonyl (C=O) groups is 1. The van der Waals surface area contributed by atoms with E-state index in [1.165, 1.54) is 5.56 Å². The van der Waals surface area contributed by atoms with Crippen molar-refractivity contribution in [3.05, 3.63) is 88.4 Å². The van der Waals surface area contributed by atoms with E-state index in [4.69, 9.17) is 4.74 Å². The third-order valence-electron chi connectivity index (χ3n) is 5.10. The third-order valence-corrected chi connectivity index (χ3v) is 5.74. The quantitative estimate of drug-likeness (QED) is 0.576. The highest BCUT2D eigenvalue weighted by molar-refractivity contribution is 7.07. The Balaban J connectivity index is 1.23. The van der Waals surface area contributed by atoms with E-state index in [-0.39, 0.29) is 5.91 Å². The Morgan fingerprint density at radius 3 is 2.50 bits per heavy atom. The lowest BCUT2D eigenvalue weighted by Gasteiger charge is -2.34. The molecule has 1 aliphatic rings. The predicted molar refractivity (Wildman–Crippen MR) is 121 cm³/mol. The lowest BCUT2D eigenvalue weighted by molar-refractivity contribution is 0.0650. The minimum atomic E-state index is 0.0838. The first-order chi connectivity index (χ1) is 14.8. The maximum atomic E-state index is 12.8. The number of hydrogen-bond donors (Lipinski definition) is 0. The molecule has 154 valence electrons. The summed E-state index contributed by atoms with van der Waals surface area (Å²) in [5.41, 5.74) is 4.62. The molecule has 0 atom stereocenters. The van der Waals surface area contributed by atoms with Crippen LogP contribution in [0.3, 0.4) is 0 Å². The first kappa shape index (κ1) is 20.3. The van der Waals surface area contributed by atoms with Gasteiger partial charge in [-0.15, -0.1) is 11.3 Å². The number of thiazole rings is 1. The molecule has 5 nitrogen and oxygen atoms in total. The molecule has 2 aromatic carbocycles. The molecule has 0 spiro atoms. The number of carbonyl (C=O) groups excluding carboxylic acids is 1. The van der Waals surface area contributed by atoms with E-state index >= 15 is 0 Å². The van der Waals surface area contributed by atoms with Crippen LogP contribution in [-0.2, 0) is 6.61 Å². The Kier molecular flexibility index (Phi) is 6.90. The van der Waals surface area contributed by atoms with E-state index in [1.54, 1.807) is 16.8 Å². The van der Waals surface area contributed by atoms with Gasteiger partial charge in [0, 0.05) is 43.7 Å². The Morgan fingerprint density at radius 1 is 1.03 bits per heavy atom.